The summed E-state index contributed by atoms with van der Waals surface area (Å²) in [5, 5.41) is 3.37. The highest BCUT2D eigenvalue weighted by molar-refractivity contribution is 9.11. The number of rotatable bonds is 10. The second-order valence-corrected chi connectivity index (χ2v) is 6.66. The van der Waals surface area contributed by atoms with E-state index in [0.29, 0.717) is 0 Å². The van der Waals surface area contributed by atoms with E-state index in [1.165, 1.54) is 51.4 Å². The highest BCUT2D eigenvalue weighted by atomic mass is 79.9. The van der Waals surface area contributed by atoms with Crippen LogP contribution in [0, 0.1) is 0 Å². The van der Waals surface area contributed by atoms with Crippen molar-refractivity contribution in [1.29, 1.82) is 0 Å². The van der Waals surface area contributed by atoms with Crippen LogP contribution in [0.4, 0.5) is 5.82 Å². The molecule has 1 aromatic rings. The number of pyridine rings is 1. The van der Waals surface area contributed by atoms with Gasteiger partial charge in [0.2, 0.25) is 0 Å². The number of unbranched alkanes of at least 4 members (excludes halogenated alkanes) is 7. The maximum absolute atomic E-state index is 4.34. The van der Waals surface area contributed by atoms with E-state index in [2.05, 4.69) is 49.1 Å². The Morgan fingerprint density at radius 2 is 1.63 bits per heavy atom. The third-order valence-corrected chi connectivity index (χ3v) is 4.17. The second-order valence-electron chi connectivity index (χ2n) is 4.89. The van der Waals surface area contributed by atoms with Crippen LogP contribution in [0.1, 0.15) is 58.3 Å². The molecule has 0 saturated heterocycles. The molecule has 0 saturated carbocycles. The maximum Gasteiger partial charge on any atom is 0.140 e. The molecule has 19 heavy (non-hydrogen) atoms. The molecule has 0 aliphatic rings. The molecular weight excluding hydrogens is 368 g/mol. The van der Waals surface area contributed by atoms with Crippen LogP contribution in [-0.4, -0.2) is 11.5 Å². The van der Waals surface area contributed by atoms with Gasteiger partial charge in [0.05, 0.1) is 4.47 Å². The number of halogens is 2. The molecule has 2 nitrogen and oxygen atoms in total. The number of nitrogens with zero attached hydrogens (tertiary/aromatic N) is 1. The van der Waals surface area contributed by atoms with Gasteiger partial charge in [0.15, 0.2) is 0 Å². The Morgan fingerprint density at radius 1 is 1.00 bits per heavy atom. The van der Waals surface area contributed by atoms with Gasteiger partial charge in [-0.2, -0.15) is 0 Å². The van der Waals surface area contributed by atoms with Crippen molar-refractivity contribution in [3.8, 4) is 0 Å². The number of hydrogen-bond acceptors (Lipinski definition) is 2. The van der Waals surface area contributed by atoms with Crippen molar-refractivity contribution in [2.45, 2.75) is 58.3 Å². The van der Waals surface area contributed by atoms with Crippen molar-refractivity contribution in [3.05, 3.63) is 21.2 Å². The predicted molar refractivity (Wildman–Crippen MR) is 90.7 cm³/mol. The molecule has 0 fully saturated rings. The molecule has 0 aliphatic heterocycles. The first-order chi connectivity index (χ1) is 9.24. The summed E-state index contributed by atoms with van der Waals surface area (Å²) in [6, 6.07) is 2.02. The van der Waals surface area contributed by atoms with Crippen LogP contribution in [0.15, 0.2) is 21.2 Å². The summed E-state index contributed by atoms with van der Waals surface area (Å²) in [7, 11) is 0. The monoisotopic (exact) mass is 390 g/mol. The standard InChI is InChI=1S/C15H24Br2N2/c1-2-3-4-5-6-7-8-9-10-18-15-14(17)11-13(16)12-19-15/h11-12H,2-10H2,1H3,(H,18,19). The molecule has 0 radical (unpaired) electrons. The zero-order valence-electron chi connectivity index (χ0n) is 11.7. The number of nitrogens with one attached hydrogen (secondary N) is 1. The summed E-state index contributed by atoms with van der Waals surface area (Å²) in [4.78, 5) is 4.34. The highest BCUT2D eigenvalue weighted by Gasteiger charge is 2.00. The molecule has 0 spiro atoms. The first-order valence-corrected chi connectivity index (χ1v) is 8.87. The summed E-state index contributed by atoms with van der Waals surface area (Å²) in [5.74, 6) is 0.936. The topological polar surface area (TPSA) is 24.9 Å². The normalized spacial score (nSPS) is 10.7. The Labute approximate surface area is 134 Å². The Bertz CT molecular complexity index is 356. The van der Waals surface area contributed by atoms with E-state index in [9.17, 15) is 0 Å². The molecule has 108 valence electrons. The molecule has 0 unspecified atom stereocenters. The minimum absolute atomic E-state index is 0.936. The number of anilines is 1. The molecule has 1 aromatic heterocycles. The van der Waals surface area contributed by atoms with E-state index in [1.807, 2.05) is 12.3 Å². The fourth-order valence-corrected chi connectivity index (χ4v) is 3.14. The van der Waals surface area contributed by atoms with Crippen LogP contribution in [0.25, 0.3) is 0 Å². The first-order valence-electron chi connectivity index (χ1n) is 7.29. The molecule has 4 heteroatoms. The second kappa shape index (κ2) is 10.7. The van der Waals surface area contributed by atoms with Gasteiger partial charge in [-0.1, -0.05) is 51.9 Å². The van der Waals surface area contributed by atoms with Crippen LogP contribution in [0.5, 0.6) is 0 Å². The molecule has 1 N–H and O–H groups in total. The third kappa shape index (κ3) is 7.93. The van der Waals surface area contributed by atoms with Crippen molar-refractivity contribution in [1.82, 2.24) is 4.98 Å². The first kappa shape index (κ1) is 17.0. The maximum atomic E-state index is 4.34. The van der Waals surface area contributed by atoms with E-state index < -0.39 is 0 Å². The highest BCUT2D eigenvalue weighted by Crippen LogP contribution is 2.23. The summed E-state index contributed by atoms with van der Waals surface area (Å²) in [5.41, 5.74) is 0. The Hall–Kier alpha value is -0.0900. The smallest absolute Gasteiger partial charge is 0.140 e. The lowest BCUT2D eigenvalue weighted by atomic mass is 10.1. The van der Waals surface area contributed by atoms with Crippen molar-refractivity contribution < 1.29 is 0 Å². The largest absolute Gasteiger partial charge is 0.369 e. The molecule has 0 atom stereocenters. The van der Waals surface area contributed by atoms with Gasteiger partial charge in [0.1, 0.15) is 5.82 Å². The number of aromatic nitrogens is 1. The quantitative estimate of drug-likeness (QED) is 0.483. The van der Waals surface area contributed by atoms with Crippen LogP contribution in [-0.2, 0) is 0 Å². The van der Waals surface area contributed by atoms with E-state index in [0.717, 1.165) is 21.3 Å². The molecule has 1 heterocycles. The van der Waals surface area contributed by atoms with E-state index in [4.69, 9.17) is 0 Å². The third-order valence-electron chi connectivity index (χ3n) is 3.13. The van der Waals surface area contributed by atoms with Crippen LogP contribution in [0.2, 0.25) is 0 Å². The Balaban J connectivity index is 2.01. The van der Waals surface area contributed by atoms with E-state index in [1.54, 1.807) is 0 Å². The van der Waals surface area contributed by atoms with Crippen molar-refractivity contribution in [3.63, 3.8) is 0 Å². The lowest BCUT2D eigenvalue weighted by Gasteiger charge is -2.07. The van der Waals surface area contributed by atoms with Crippen LogP contribution >= 0.6 is 31.9 Å². The van der Waals surface area contributed by atoms with Crippen LogP contribution < -0.4 is 5.32 Å². The average Bonchev–Trinajstić information content (AvgIpc) is 2.39. The average molecular weight is 392 g/mol. The van der Waals surface area contributed by atoms with Crippen molar-refractivity contribution in [2.24, 2.45) is 0 Å². The summed E-state index contributed by atoms with van der Waals surface area (Å²) < 4.78 is 2.01. The molecule has 0 bridgehead atoms. The SMILES string of the molecule is CCCCCCCCCCNc1ncc(Br)cc1Br. The van der Waals surface area contributed by atoms with Gasteiger partial charge in [-0.05, 0) is 44.3 Å². The van der Waals surface area contributed by atoms with Gasteiger partial charge < -0.3 is 5.32 Å². The molecular formula is C15H24Br2N2. The molecule has 0 aromatic carbocycles. The number of hydrogen-bond donors (Lipinski definition) is 1. The Morgan fingerprint density at radius 3 is 2.26 bits per heavy atom. The zero-order chi connectivity index (χ0) is 13.9. The summed E-state index contributed by atoms with van der Waals surface area (Å²) >= 11 is 6.91. The molecule has 0 aliphatic carbocycles. The van der Waals surface area contributed by atoms with Crippen molar-refractivity contribution in [2.75, 3.05) is 11.9 Å². The fraction of sp³-hybridized carbons (Fsp3) is 0.667. The van der Waals surface area contributed by atoms with Gasteiger partial charge >= 0.3 is 0 Å². The van der Waals surface area contributed by atoms with E-state index >= 15 is 0 Å². The lowest BCUT2D eigenvalue weighted by molar-refractivity contribution is 0.581. The van der Waals surface area contributed by atoms with Gasteiger partial charge in [-0.15, -0.1) is 0 Å². The lowest BCUT2D eigenvalue weighted by Crippen LogP contribution is -2.03. The van der Waals surface area contributed by atoms with Gasteiger partial charge in [0, 0.05) is 17.2 Å². The van der Waals surface area contributed by atoms with Crippen LogP contribution in [0.3, 0.4) is 0 Å². The van der Waals surface area contributed by atoms with E-state index in [-0.39, 0.29) is 0 Å². The molecule has 0 amide bonds. The summed E-state index contributed by atoms with van der Waals surface area (Å²) in [6.45, 7) is 3.27. The minimum Gasteiger partial charge on any atom is -0.369 e. The predicted octanol–water partition coefficient (Wildman–Crippen LogP) is 6.16. The van der Waals surface area contributed by atoms with Crippen molar-refractivity contribution >= 4 is 37.7 Å². The summed E-state index contributed by atoms with van der Waals surface area (Å²) in [6.07, 6.45) is 12.6. The Kier molecular flexibility index (Phi) is 9.52. The fourth-order valence-electron chi connectivity index (χ4n) is 2.01. The zero-order valence-corrected chi connectivity index (χ0v) is 14.9. The van der Waals surface area contributed by atoms with Gasteiger partial charge in [-0.3, -0.25) is 0 Å². The van der Waals surface area contributed by atoms with Gasteiger partial charge in [0.25, 0.3) is 0 Å². The van der Waals surface area contributed by atoms with Gasteiger partial charge in [-0.25, -0.2) is 4.98 Å². The molecule has 1 rings (SSSR count). The minimum atomic E-state index is 0.936.